The van der Waals surface area contributed by atoms with Crippen LogP contribution in [0.2, 0.25) is 0 Å². The number of nitriles is 1. The summed E-state index contributed by atoms with van der Waals surface area (Å²) in [6.07, 6.45) is 2.46. The highest BCUT2D eigenvalue weighted by atomic mass is 16.3. The molecule has 1 rings (SSSR count). The SMILES string of the molecule is CC1C[C@@H](O)CN1C#N. The topological polar surface area (TPSA) is 47.3 Å². The van der Waals surface area contributed by atoms with Gasteiger partial charge in [0.15, 0.2) is 6.19 Å². The van der Waals surface area contributed by atoms with Crippen molar-refractivity contribution in [3.63, 3.8) is 0 Å². The Hall–Kier alpha value is -0.750. The van der Waals surface area contributed by atoms with Crippen LogP contribution in [-0.2, 0) is 0 Å². The largest absolute Gasteiger partial charge is 0.391 e. The Labute approximate surface area is 54.5 Å². The van der Waals surface area contributed by atoms with Gasteiger partial charge in [0.1, 0.15) is 0 Å². The number of rotatable bonds is 0. The van der Waals surface area contributed by atoms with Gasteiger partial charge in [-0.3, -0.25) is 0 Å². The van der Waals surface area contributed by atoms with Crippen LogP contribution in [0.4, 0.5) is 0 Å². The van der Waals surface area contributed by atoms with Gasteiger partial charge in [0.25, 0.3) is 0 Å². The van der Waals surface area contributed by atoms with E-state index in [1.807, 2.05) is 13.1 Å². The predicted octanol–water partition coefficient (Wildman–Crippen LogP) is -0.0774. The first-order valence-electron chi connectivity index (χ1n) is 3.08. The van der Waals surface area contributed by atoms with Crippen LogP contribution >= 0.6 is 0 Å². The van der Waals surface area contributed by atoms with E-state index in [-0.39, 0.29) is 12.1 Å². The molecule has 0 amide bonds. The molecule has 0 spiro atoms. The number of β-amino-alcohol motifs (C(OH)–C–C–N with tert-alkyl or cyclic N) is 1. The summed E-state index contributed by atoms with van der Waals surface area (Å²) in [6, 6.07) is 0.227. The van der Waals surface area contributed by atoms with Gasteiger partial charge in [-0.15, -0.1) is 0 Å². The quantitative estimate of drug-likeness (QED) is 0.462. The lowest BCUT2D eigenvalue weighted by Gasteiger charge is -2.10. The Balaban J connectivity index is 2.50. The second kappa shape index (κ2) is 2.24. The molecular formula is C6H10N2O. The molecule has 0 aromatic rings. The molecule has 0 aromatic carbocycles. The smallest absolute Gasteiger partial charge is 0.179 e. The van der Waals surface area contributed by atoms with Crippen molar-refractivity contribution in [3.05, 3.63) is 0 Å². The minimum atomic E-state index is -0.292. The minimum Gasteiger partial charge on any atom is -0.391 e. The van der Waals surface area contributed by atoms with Crippen LogP contribution < -0.4 is 0 Å². The second-order valence-electron chi connectivity index (χ2n) is 2.49. The summed E-state index contributed by atoms with van der Waals surface area (Å²) in [6.45, 7) is 2.46. The summed E-state index contributed by atoms with van der Waals surface area (Å²) < 4.78 is 0. The maximum Gasteiger partial charge on any atom is 0.179 e. The van der Waals surface area contributed by atoms with E-state index in [2.05, 4.69) is 0 Å². The van der Waals surface area contributed by atoms with Crippen molar-refractivity contribution in [2.45, 2.75) is 25.5 Å². The maximum absolute atomic E-state index is 9.01. The highest BCUT2D eigenvalue weighted by Crippen LogP contribution is 2.14. The molecule has 3 heteroatoms. The molecule has 50 valence electrons. The number of hydrogen-bond acceptors (Lipinski definition) is 3. The lowest BCUT2D eigenvalue weighted by Crippen LogP contribution is -2.21. The van der Waals surface area contributed by atoms with Gasteiger partial charge in [-0.2, -0.15) is 5.26 Å². The van der Waals surface area contributed by atoms with Gasteiger partial charge < -0.3 is 10.0 Å². The van der Waals surface area contributed by atoms with E-state index in [9.17, 15) is 0 Å². The van der Waals surface area contributed by atoms with Crippen molar-refractivity contribution in [1.29, 1.82) is 5.26 Å². The molecule has 2 atom stereocenters. The van der Waals surface area contributed by atoms with E-state index in [1.54, 1.807) is 4.90 Å². The van der Waals surface area contributed by atoms with Crippen molar-refractivity contribution in [2.75, 3.05) is 6.54 Å². The van der Waals surface area contributed by atoms with Gasteiger partial charge in [-0.25, -0.2) is 0 Å². The minimum absolute atomic E-state index is 0.227. The molecule has 1 heterocycles. The van der Waals surface area contributed by atoms with Gasteiger partial charge in [0, 0.05) is 6.04 Å². The molecule has 1 aliphatic rings. The van der Waals surface area contributed by atoms with Crippen LogP contribution in [0.1, 0.15) is 13.3 Å². The van der Waals surface area contributed by atoms with Crippen molar-refractivity contribution >= 4 is 0 Å². The standard InChI is InChI=1S/C6H10N2O/c1-5-2-6(9)3-8(5)4-7/h5-6,9H,2-3H2,1H3/t5?,6-/m1/s1. The first-order valence-corrected chi connectivity index (χ1v) is 3.08. The van der Waals surface area contributed by atoms with Crippen molar-refractivity contribution in [3.8, 4) is 6.19 Å². The summed E-state index contributed by atoms with van der Waals surface area (Å²) in [5.74, 6) is 0. The Morgan fingerprint density at radius 2 is 2.44 bits per heavy atom. The van der Waals surface area contributed by atoms with Gasteiger partial charge in [-0.05, 0) is 13.3 Å². The molecule has 3 nitrogen and oxygen atoms in total. The summed E-state index contributed by atoms with van der Waals surface area (Å²) in [5.41, 5.74) is 0. The lowest BCUT2D eigenvalue weighted by molar-refractivity contribution is 0.186. The Kier molecular flexibility index (Phi) is 1.58. The molecule has 0 bridgehead atoms. The van der Waals surface area contributed by atoms with Gasteiger partial charge in [-0.1, -0.05) is 0 Å². The second-order valence-corrected chi connectivity index (χ2v) is 2.49. The van der Waals surface area contributed by atoms with Gasteiger partial charge >= 0.3 is 0 Å². The number of nitrogens with zero attached hydrogens (tertiary/aromatic N) is 2. The zero-order valence-electron chi connectivity index (χ0n) is 5.41. The monoisotopic (exact) mass is 126 g/mol. The zero-order valence-corrected chi connectivity index (χ0v) is 5.41. The molecule has 0 radical (unpaired) electrons. The van der Waals surface area contributed by atoms with Crippen molar-refractivity contribution in [1.82, 2.24) is 4.90 Å². The predicted molar refractivity (Wildman–Crippen MR) is 32.4 cm³/mol. The summed E-state index contributed by atoms with van der Waals surface area (Å²) in [7, 11) is 0. The highest BCUT2D eigenvalue weighted by molar-refractivity contribution is 4.89. The molecule has 9 heavy (non-hydrogen) atoms. The van der Waals surface area contributed by atoms with E-state index in [0.717, 1.165) is 6.42 Å². The highest BCUT2D eigenvalue weighted by Gasteiger charge is 2.25. The summed E-state index contributed by atoms with van der Waals surface area (Å²) in [5, 5.41) is 17.4. The molecule has 0 aliphatic carbocycles. The fraction of sp³-hybridized carbons (Fsp3) is 0.833. The Bertz CT molecular complexity index is 140. The number of aliphatic hydroxyl groups excluding tert-OH is 1. The van der Waals surface area contributed by atoms with E-state index >= 15 is 0 Å². The molecule has 1 saturated heterocycles. The van der Waals surface area contributed by atoms with Crippen LogP contribution in [0.5, 0.6) is 0 Å². The molecular weight excluding hydrogens is 116 g/mol. The fourth-order valence-electron chi connectivity index (χ4n) is 1.14. The van der Waals surface area contributed by atoms with E-state index in [4.69, 9.17) is 10.4 Å². The van der Waals surface area contributed by atoms with Crippen LogP contribution in [0.15, 0.2) is 0 Å². The number of hydrogen-bond donors (Lipinski definition) is 1. The van der Waals surface area contributed by atoms with Crippen molar-refractivity contribution < 1.29 is 5.11 Å². The van der Waals surface area contributed by atoms with E-state index in [0.29, 0.717) is 6.54 Å². The molecule has 0 aromatic heterocycles. The summed E-state index contributed by atoms with van der Waals surface area (Å²) >= 11 is 0. The van der Waals surface area contributed by atoms with Crippen LogP contribution in [0.25, 0.3) is 0 Å². The molecule has 1 N–H and O–H groups in total. The normalized spacial score (nSPS) is 34.6. The third-order valence-corrected chi connectivity index (χ3v) is 1.68. The van der Waals surface area contributed by atoms with E-state index < -0.39 is 0 Å². The Morgan fingerprint density at radius 1 is 1.78 bits per heavy atom. The Morgan fingerprint density at radius 3 is 2.67 bits per heavy atom. The molecule has 0 saturated carbocycles. The number of likely N-dealkylation sites (tertiary alicyclic amines) is 1. The average molecular weight is 126 g/mol. The van der Waals surface area contributed by atoms with Gasteiger partial charge in [0.05, 0.1) is 12.6 Å². The van der Waals surface area contributed by atoms with Crippen LogP contribution in [0, 0.1) is 11.5 Å². The van der Waals surface area contributed by atoms with Gasteiger partial charge in [0.2, 0.25) is 0 Å². The van der Waals surface area contributed by atoms with Crippen molar-refractivity contribution in [2.24, 2.45) is 0 Å². The van der Waals surface area contributed by atoms with Crippen LogP contribution in [0.3, 0.4) is 0 Å². The first-order chi connectivity index (χ1) is 4.24. The lowest BCUT2D eigenvalue weighted by atomic mass is 10.2. The maximum atomic E-state index is 9.01. The van der Waals surface area contributed by atoms with Crippen LogP contribution in [-0.4, -0.2) is 28.7 Å². The average Bonchev–Trinajstić information content (AvgIpc) is 2.10. The molecule has 1 fully saturated rings. The zero-order chi connectivity index (χ0) is 6.85. The number of aliphatic hydroxyl groups is 1. The fourth-order valence-corrected chi connectivity index (χ4v) is 1.14. The third-order valence-electron chi connectivity index (χ3n) is 1.68. The van der Waals surface area contributed by atoms with E-state index in [1.165, 1.54) is 0 Å². The third kappa shape index (κ3) is 1.14. The first kappa shape index (κ1) is 6.37. The summed E-state index contributed by atoms with van der Waals surface area (Å²) in [4.78, 5) is 1.60. The molecule has 1 aliphatic heterocycles. The molecule has 1 unspecified atom stereocenters.